The van der Waals surface area contributed by atoms with Gasteiger partial charge >= 0.3 is 39.5 Å². The highest BCUT2D eigenvalue weighted by atomic mass is 31.2. The number of ether oxygens (including phenoxy) is 4. The fraction of sp³-hybridized carbons (Fsp3) is 0.945. The maximum absolute atomic E-state index is 13.1. The molecule has 0 heterocycles. The van der Waals surface area contributed by atoms with Gasteiger partial charge in [-0.15, -0.1) is 0 Å². The molecule has 17 nitrogen and oxygen atoms in total. The van der Waals surface area contributed by atoms with Gasteiger partial charge in [0.25, 0.3) is 0 Å². The molecule has 0 aromatic heterocycles. The highest BCUT2D eigenvalue weighted by Gasteiger charge is 2.30. The SMILES string of the molecule is CCCCCCCCCCCCCCCCCCC(=O)O[C@H](COC(=O)CCCCCCCCCCCCCCCC)COP(=O)(O)OC[C@@H](O)COP(=O)(O)OC[C@@H](COC(=O)CCCCCCCCCCCCC)OC(=O)CCCCCCCCCCCCC. The minimum atomic E-state index is -4.95. The van der Waals surface area contributed by atoms with Crippen LogP contribution < -0.4 is 0 Å². The molecule has 0 bridgehead atoms. The molecule has 0 aliphatic carbocycles. The topological polar surface area (TPSA) is 237 Å². The van der Waals surface area contributed by atoms with Crippen molar-refractivity contribution in [1.82, 2.24) is 0 Å². The normalized spacial score (nSPS) is 13.9. The van der Waals surface area contributed by atoms with E-state index >= 15 is 0 Å². The molecule has 0 saturated carbocycles. The van der Waals surface area contributed by atoms with Gasteiger partial charge in [0.2, 0.25) is 0 Å². The van der Waals surface area contributed by atoms with Crippen LogP contribution in [0.3, 0.4) is 0 Å². The molecule has 0 aromatic carbocycles. The van der Waals surface area contributed by atoms with E-state index in [2.05, 4.69) is 27.7 Å². The lowest BCUT2D eigenvalue weighted by Gasteiger charge is -2.21. The quantitative estimate of drug-likeness (QED) is 0.0222. The number of phosphoric acid groups is 2. The van der Waals surface area contributed by atoms with E-state index in [1.165, 1.54) is 218 Å². The zero-order valence-electron chi connectivity index (χ0n) is 59.5. The number of aliphatic hydroxyl groups excluding tert-OH is 1. The van der Waals surface area contributed by atoms with E-state index < -0.39 is 97.5 Å². The summed E-state index contributed by atoms with van der Waals surface area (Å²) >= 11 is 0. The Balaban J connectivity index is 5.24. The van der Waals surface area contributed by atoms with E-state index in [1.54, 1.807) is 0 Å². The van der Waals surface area contributed by atoms with Crippen molar-refractivity contribution in [3.63, 3.8) is 0 Å². The lowest BCUT2D eigenvalue weighted by Crippen LogP contribution is -2.30. The van der Waals surface area contributed by atoms with Crippen LogP contribution in [0, 0.1) is 0 Å². The predicted molar refractivity (Wildman–Crippen MR) is 372 cm³/mol. The van der Waals surface area contributed by atoms with Crippen LogP contribution in [0.2, 0.25) is 0 Å². The molecule has 0 aliphatic rings. The van der Waals surface area contributed by atoms with Crippen molar-refractivity contribution in [3.8, 4) is 0 Å². The average molecular weight is 1350 g/mol. The molecular weight excluding hydrogens is 1210 g/mol. The number of unbranched alkanes of at least 4 members (excludes halogenated alkanes) is 48. The molecule has 2 unspecified atom stereocenters. The number of esters is 4. The minimum absolute atomic E-state index is 0.108. The Morgan fingerprint density at radius 1 is 0.261 bits per heavy atom. The van der Waals surface area contributed by atoms with Gasteiger partial charge in [-0.3, -0.25) is 37.3 Å². The first-order chi connectivity index (χ1) is 44.7. The van der Waals surface area contributed by atoms with Crippen LogP contribution in [0.15, 0.2) is 0 Å². The smallest absolute Gasteiger partial charge is 0.462 e. The van der Waals surface area contributed by atoms with Gasteiger partial charge in [-0.2, -0.15) is 0 Å². The van der Waals surface area contributed by atoms with Crippen LogP contribution >= 0.6 is 15.6 Å². The summed E-state index contributed by atoms with van der Waals surface area (Å²) in [6.45, 7) is 4.97. The van der Waals surface area contributed by atoms with E-state index in [0.717, 1.165) is 89.9 Å². The van der Waals surface area contributed by atoms with E-state index in [0.29, 0.717) is 25.7 Å². The van der Waals surface area contributed by atoms with Gasteiger partial charge in [-0.05, 0) is 25.7 Å². The van der Waals surface area contributed by atoms with E-state index in [9.17, 15) is 43.2 Å². The minimum Gasteiger partial charge on any atom is -0.462 e. The zero-order chi connectivity index (χ0) is 67.5. The molecular formula is C73H142O17P2. The third-order valence-corrected chi connectivity index (χ3v) is 19.0. The molecule has 19 heteroatoms. The Morgan fingerprint density at radius 3 is 0.641 bits per heavy atom. The van der Waals surface area contributed by atoms with Crippen molar-refractivity contribution in [3.05, 3.63) is 0 Å². The number of carbonyl (C=O) groups is 4. The maximum atomic E-state index is 13.1. The van der Waals surface area contributed by atoms with Crippen molar-refractivity contribution >= 4 is 39.5 Å². The highest BCUT2D eigenvalue weighted by molar-refractivity contribution is 7.47. The first kappa shape index (κ1) is 90.1. The van der Waals surface area contributed by atoms with Crippen LogP contribution in [0.4, 0.5) is 0 Å². The van der Waals surface area contributed by atoms with Crippen LogP contribution in [-0.2, 0) is 65.4 Å². The molecule has 0 rings (SSSR count). The van der Waals surface area contributed by atoms with E-state index in [-0.39, 0.29) is 25.7 Å². The van der Waals surface area contributed by atoms with Gasteiger partial charge in [-0.25, -0.2) is 9.13 Å². The summed E-state index contributed by atoms with van der Waals surface area (Å²) in [6, 6.07) is 0. The van der Waals surface area contributed by atoms with E-state index in [1.807, 2.05) is 0 Å². The molecule has 0 radical (unpaired) electrons. The van der Waals surface area contributed by atoms with Crippen LogP contribution in [0.25, 0.3) is 0 Å². The number of carbonyl (C=O) groups excluding carboxylic acids is 4. The van der Waals surface area contributed by atoms with E-state index in [4.69, 9.17) is 37.0 Å². The van der Waals surface area contributed by atoms with Crippen molar-refractivity contribution in [2.45, 2.75) is 406 Å². The monoisotopic (exact) mass is 1350 g/mol. The molecule has 3 N–H and O–H groups in total. The Labute approximate surface area is 562 Å². The second-order valence-corrected chi connectivity index (χ2v) is 29.2. The fourth-order valence-corrected chi connectivity index (χ4v) is 12.8. The third kappa shape index (κ3) is 66.7. The summed E-state index contributed by atoms with van der Waals surface area (Å²) < 4.78 is 68.4. The largest absolute Gasteiger partial charge is 0.472 e. The Morgan fingerprint density at radius 2 is 0.435 bits per heavy atom. The summed E-state index contributed by atoms with van der Waals surface area (Å²) in [5, 5.41) is 10.6. The first-order valence-corrected chi connectivity index (χ1v) is 41.3. The maximum Gasteiger partial charge on any atom is 0.472 e. The highest BCUT2D eigenvalue weighted by Crippen LogP contribution is 2.45. The second-order valence-electron chi connectivity index (χ2n) is 26.3. The van der Waals surface area contributed by atoms with Gasteiger partial charge in [-0.1, -0.05) is 336 Å². The number of aliphatic hydroxyl groups is 1. The number of hydrogen-bond acceptors (Lipinski definition) is 15. The number of rotatable bonds is 74. The lowest BCUT2D eigenvalue weighted by molar-refractivity contribution is -0.161. The van der Waals surface area contributed by atoms with Crippen LogP contribution in [0.1, 0.15) is 387 Å². The molecule has 546 valence electrons. The Hall–Kier alpha value is -1.94. The second kappa shape index (κ2) is 67.6. The van der Waals surface area contributed by atoms with Crippen LogP contribution in [0.5, 0.6) is 0 Å². The van der Waals surface area contributed by atoms with Gasteiger partial charge in [0.15, 0.2) is 12.2 Å². The van der Waals surface area contributed by atoms with Gasteiger partial charge in [0.1, 0.15) is 19.3 Å². The molecule has 0 aromatic rings. The summed E-state index contributed by atoms with van der Waals surface area (Å²) in [6.07, 6.45) is 56.6. The molecule has 0 amide bonds. The molecule has 5 atom stereocenters. The number of hydrogen-bond donors (Lipinski definition) is 3. The Kier molecular flexibility index (Phi) is 66.2. The summed E-state index contributed by atoms with van der Waals surface area (Å²) in [5.74, 6) is -2.11. The molecule has 0 fully saturated rings. The van der Waals surface area contributed by atoms with Crippen molar-refractivity contribution in [2.24, 2.45) is 0 Å². The summed E-state index contributed by atoms with van der Waals surface area (Å²) in [5.41, 5.74) is 0. The van der Waals surface area contributed by atoms with Crippen molar-refractivity contribution in [2.75, 3.05) is 39.6 Å². The lowest BCUT2D eigenvalue weighted by atomic mass is 10.0. The van der Waals surface area contributed by atoms with Crippen molar-refractivity contribution in [1.29, 1.82) is 0 Å². The average Bonchev–Trinajstić information content (AvgIpc) is 2.27. The van der Waals surface area contributed by atoms with Gasteiger partial charge in [0.05, 0.1) is 26.4 Å². The standard InChI is InChI=1S/C73H142O17P2/c1-5-9-13-17-21-25-29-31-33-34-36-40-44-48-52-56-60-73(78)90-69(64-84-71(76)58-54-50-46-42-39-35-32-30-26-22-18-14-10-6-2)66-88-92(81,82)86-62-67(74)61-85-91(79,80)87-65-68(89-72(77)59-55-51-47-43-38-28-24-20-16-12-8-4)63-83-70(75)57-53-49-45-41-37-27-23-19-15-11-7-3/h67-69,74H,5-66H2,1-4H3,(H,79,80)(H,81,82)/t67-,68+,69+/m0/s1. The first-order valence-electron chi connectivity index (χ1n) is 38.3. The number of phosphoric ester groups is 2. The fourth-order valence-electron chi connectivity index (χ4n) is 11.2. The van der Waals surface area contributed by atoms with Gasteiger partial charge < -0.3 is 33.8 Å². The van der Waals surface area contributed by atoms with Gasteiger partial charge in [0, 0.05) is 25.7 Å². The molecule has 92 heavy (non-hydrogen) atoms. The molecule has 0 aliphatic heterocycles. The predicted octanol–water partition coefficient (Wildman–Crippen LogP) is 21.4. The molecule has 0 saturated heterocycles. The molecule has 0 spiro atoms. The Bertz CT molecular complexity index is 1760. The van der Waals surface area contributed by atoms with Crippen LogP contribution in [-0.4, -0.2) is 96.7 Å². The zero-order valence-corrected chi connectivity index (χ0v) is 61.3. The summed E-state index contributed by atoms with van der Waals surface area (Å²) in [7, 11) is -9.90. The summed E-state index contributed by atoms with van der Waals surface area (Å²) in [4.78, 5) is 72.7. The van der Waals surface area contributed by atoms with Crippen molar-refractivity contribution < 1.29 is 80.2 Å². The third-order valence-electron chi connectivity index (χ3n) is 17.1.